The molecule has 1 aromatic carbocycles. The van der Waals surface area contributed by atoms with Crippen molar-refractivity contribution in [1.82, 2.24) is 4.90 Å². The van der Waals surface area contributed by atoms with Crippen LogP contribution in [0.5, 0.6) is 5.75 Å². The Morgan fingerprint density at radius 3 is 3.21 bits per heavy atom. The van der Waals surface area contributed by atoms with Gasteiger partial charge in [0, 0.05) is 13.1 Å². The lowest BCUT2D eigenvalue weighted by atomic mass is 9.90. The summed E-state index contributed by atoms with van der Waals surface area (Å²) < 4.78 is 5.30. The summed E-state index contributed by atoms with van der Waals surface area (Å²) in [7, 11) is 1.72. The van der Waals surface area contributed by atoms with Crippen LogP contribution in [0.15, 0.2) is 29.3 Å². The Kier molecular flexibility index (Phi) is 5.52. The quantitative estimate of drug-likeness (QED) is 0.610. The molecule has 0 spiro atoms. The van der Waals surface area contributed by atoms with E-state index in [4.69, 9.17) is 4.74 Å². The normalized spacial score (nSPS) is 19.7. The number of benzene rings is 1. The predicted molar refractivity (Wildman–Crippen MR) is 81.3 cm³/mol. The zero-order valence-electron chi connectivity index (χ0n) is 11.3. The van der Waals surface area contributed by atoms with Gasteiger partial charge in [0.2, 0.25) is 0 Å². The highest BCUT2D eigenvalue weighted by Gasteiger charge is 2.21. The molecule has 1 heterocycles. The first kappa shape index (κ1) is 14.2. The minimum atomic E-state index is 0.598. The van der Waals surface area contributed by atoms with Gasteiger partial charge in [0.25, 0.3) is 0 Å². The molecule has 1 fully saturated rings. The Morgan fingerprint density at radius 2 is 2.42 bits per heavy atom. The molecule has 0 bridgehead atoms. The smallest absolute Gasteiger partial charge is 0.119 e. The molecule has 0 radical (unpaired) electrons. The summed E-state index contributed by atoms with van der Waals surface area (Å²) in [6.45, 7) is 3.99. The molecule has 0 amide bonds. The number of aliphatic imine (C=N–C) groups is 1. The van der Waals surface area contributed by atoms with Gasteiger partial charge in [-0.25, -0.2) is 4.99 Å². The van der Waals surface area contributed by atoms with Crippen molar-refractivity contribution in [2.75, 3.05) is 33.3 Å². The van der Waals surface area contributed by atoms with E-state index in [1.807, 2.05) is 6.07 Å². The molecule has 0 unspecified atom stereocenters. The number of thiocarbonyl (C=S) groups is 1. The second-order valence-electron chi connectivity index (χ2n) is 4.89. The van der Waals surface area contributed by atoms with Gasteiger partial charge in [0.05, 0.1) is 18.8 Å². The van der Waals surface area contributed by atoms with E-state index in [1.165, 1.54) is 18.4 Å². The Labute approximate surface area is 120 Å². The lowest BCUT2D eigenvalue weighted by Crippen LogP contribution is -2.36. The van der Waals surface area contributed by atoms with E-state index >= 15 is 0 Å². The fourth-order valence-electron chi connectivity index (χ4n) is 2.66. The second kappa shape index (κ2) is 7.39. The fraction of sp³-hybridized carbons (Fsp3) is 0.533. The Balaban J connectivity index is 1.97. The number of likely N-dealkylation sites (tertiary alicyclic amines) is 1. The lowest BCUT2D eigenvalue weighted by Gasteiger charge is -2.32. The first-order valence-electron chi connectivity index (χ1n) is 6.73. The van der Waals surface area contributed by atoms with Crippen LogP contribution in [0.1, 0.15) is 24.3 Å². The lowest BCUT2D eigenvalue weighted by molar-refractivity contribution is 0.213. The van der Waals surface area contributed by atoms with Gasteiger partial charge in [0.15, 0.2) is 0 Å². The van der Waals surface area contributed by atoms with E-state index in [2.05, 4.69) is 45.5 Å². The van der Waals surface area contributed by atoms with E-state index in [-0.39, 0.29) is 0 Å². The van der Waals surface area contributed by atoms with Gasteiger partial charge in [-0.1, -0.05) is 12.1 Å². The number of methoxy groups -OCH3 is 1. The van der Waals surface area contributed by atoms with Crippen LogP contribution >= 0.6 is 12.2 Å². The highest BCUT2D eigenvalue weighted by molar-refractivity contribution is 7.78. The third-order valence-electron chi connectivity index (χ3n) is 3.66. The van der Waals surface area contributed by atoms with Gasteiger partial charge < -0.3 is 9.64 Å². The van der Waals surface area contributed by atoms with Gasteiger partial charge >= 0.3 is 0 Å². The molecular formula is C15H20N2OS. The van der Waals surface area contributed by atoms with E-state index in [1.54, 1.807) is 7.11 Å². The first-order chi connectivity index (χ1) is 9.33. The van der Waals surface area contributed by atoms with Crippen molar-refractivity contribution in [2.45, 2.75) is 18.8 Å². The highest BCUT2D eigenvalue weighted by atomic mass is 32.1. The van der Waals surface area contributed by atoms with E-state index in [0.717, 1.165) is 31.9 Å². The van der Waals surface area contributed by atoms with Gasteiger partial charge in [-0.3, -0.25) is 0 Å². The molecule has 3 nitrogen and oxygen atoms in total. The van der Waals surface area contributed by atoms with Crippen LogP contribution in [-0.4, -0.2) is 43.3 Å². The molecule has 0 N–H and O–H groups in total. The zero-order chi connectivity index (χ0) is 13.5. The van der Waals surface area contributed by atoms with Crippen LogP contribution in [0.4, 0.5) is 0 Å². The number of piperidine rings is 1. The molecule has 102 valence electrons. The molecule has 19 heavy (non-hydrogen) atoms. The van der Waals surface area contributed by atoms with Gasteiger partial charge in [0.1, 0.15) is 5.75 Å². The fourth-order valence-corrected chi connectivity index (χ4v) is 2.75. The standard InChI is InChI=1S/C15H20N2OS/c1-18-15-6-2-4-13(10-15)14-5-3-8-17(11-14)9-7-16-12-19/h2,4,6,10,14H,3,5,7-9,11H2,1H3/t14-/m1/s1. The largest absolute Gasteiger partial charge is 0.497 e. The molecule has 1 aliphatic rings. The van der Waals surface area contributed by atoms with E-state index in [0.29, 0.717) is 5.92 Å². The monoisotopic (exact) mass is 276 g/mol. The minimum absolute atomic E-state index is 0.598. The Bertz CT molecular complexity index is 457. The van der Waals surface area contributed by atoms with E-state index < -0.39 is 0 Å². The molecular weight excluding hydrogens is 256 g/mol. The zero-order valence-corrected chi connectivity index (χ0v) is 12.2. The van der Waals surface area contributed by atoms with Crippen LogP contribution in [-0.2, 0) is 0 Å². The summed E-state index contributed by atoms with van der Waals surface area (Å²) in [5, 5.41) is 2.43. The van der Waals surface area contributed by atoms with Crippen LogP contribution in [0.2, 0.25) is 0 Å². The number of isothiocyanates is 1. The van der Waals surface area contributed by atoms with Crippen LogP contribution < -0.4 is 4.74 Å². The average molecular weight is 276 g/mol. The molecule has 2 rings (SSSR count). The SMILES string of the molecule is COc1cccc([C@@H]2CCCN(CCN=C=S)C2)c1. The summed E-state index contributed by atoms with van der Waals surface area (Å²) >= 11 is 4.60. The van der Waals surface area contributed by atoms with Crippen molar-refractivity contribution >= 4 is 17.4 Å². The number of rotatable bonds is 5. The first-order valence-corrected chi connectivity index (χ1v) is 7.14. The Morgan fingerprint density at radius 1 is 1.53 bits per heavy atom. The van der Waals surface area contributed by atoms with E-state index in [9.17, 15) is 0 Å². The van der Waals surface area contributed by atoms with Gasteiger partial charge in [-0.05, 0) is 55.2 Å². The molecule has 1 saturated heterocycles. The summed E-state index contributed by atoms with van der Waals surface area (Å²) in [5.41, 5.74) is 1.38. The molecule has 0 aromatic heterocycles. The number of hydrogen-bond acceptors (Lipinski definition) is 4. The highest BCUT2D eigenvalue weighted by Crippen LogP contribution is 2.28. The van der Waals surface area contributed by atoms with Gasteiger partial charge in [-0.2, -0.15) is 0 Å². The molecule has 1 atom stereocenters. The maximum Gasteiger partial charge on any atom is 0.119 e. The van der Waals surface area contributed by atoms with Gasteiger partial charge in [-0.15, -0.1) is 0 Å². The summed E-state index contributed by atoms with van der Waals surface area (Å²) in [6.07, 6.45) is 2.49. The Hall–Kier alpha value is -1.22. The third-order valence-corrected chi connectivity index (χ3v) is 3.79. The molecule has 1 aliphatic heterocycles. The number of ether oxygens (including phenoxy) is 1. The van der Waals surface area contributed by atoms with Crippen molar-refractivity contribution in [3.05, 3.63) is 29.8 Å². The van der Waals surface area contributed by atoms with Crippen LogP contribution in [0.25, 0.3) is 0 Å². The van der Waals surface area contributed by atoms with Crippen molar-refractivity contribution in [1.29, 1.82) is 0 Å². The molecule has 0 saturated carbocycles. The summed E-state index contributed by atoms with van der Waals surface area (Å²) in [5.74, 6) is 1.54. The van der Waals surface area contributed by atoms with Crippen molar-refractivity contribution in [2.24, 2.45) is 4.99 Å². The molecule has 4 heteroatoms. The van der Waals surface area contributed by atoms with Crippen molar-refractivity contribution < 1.29 is 4.74 Å². The number of nitrogens with zero attached hydrogens (tertiary/aromatic N) is 2. The predicted octanol–water partition coefficient (Wildman–Crippen LogP) is 2.98. The van der Waals surface area contributed by atoms with Crippen LogP contribution in [0.3, 0.4) is 0 Å². The topological polar surface area (TPSA) is 24.8 Å². The van der Waals surface area contributed by atoms with Crippen molar-refractivity contribution in [3.8, 4) is 5.75 Å². The van der Waals surface area contributed by atoms with Crippen LogP contribution in [0, 0.1) is 0 Å². The average Bonchev–Trinajstić information content (AvgIpc) is 2.48. The summed E-state index contributed by atoms with van der Waals surface area (Å²) in [6, 6.07) is 8.43. The molecule has 1 aromatic rings. The minimum Gasteiger partial charge on any atom is -0.497 e. The summed E-state index contributed by atoms with van der Waals surface area (Å²) in [4.78, 5) is 6.46. The van der Waals surface area contributed by atoms with Crippen molar-refractivity contribution in [3.63, 3.8) is 0 Å². The maximum absolute atomic E-state index is 5.30. The third kappa shape index (κ3) is 4.13. The second-order valence-corrected chi connectivity index (χ2v) is 5.07. The maximum atomic E-state index is 5.30. The number of hydrogen-bond donors (Lipinski definition) is 0. The molecule has 0 aliphatic carbocycles.